The Labute approximate surface area is 201 Å². The van der Waals surface area contributed by atoms with Crippen molar-refractivity contribution in [1.29, 1.82) is 0 Å². The number of carbonyl (C=O) groups excluding carboxylic acids is 2. The molecule has 2 aromatic rings. The Balaban J connectivity index is 1.27. The van der Waals surface area contributed by atoms with Crippen LogP contribution in [0, 0.1) is 0 Å². The number of carbonyl (C=O) groups is 3. The number of carboxylic acid groups (broad SMARTS) is 1. The van der Waals surface area contributed by atoms with Crippen LogP contribution in [-0.4, -0.2) is 82.6 Å². The number of aryl methyl sites for hydroxylation is 1. The van der Waals surface area contributed by atoms with Crippen molar-refractivity contribution >= 4 is 41.3 Å². The van der Waals surface area contributed by atoms with Gasteiger partial charge >= 0.3 is 5.97 Å². The number of nitrogens with zero attached hydrogens (tertiary/aromatic N) is 5. The number of hydrogen-bond acceptors (Lipinski definition) is 10. The molecule has 3 unspecified atom stereocenters. The number of aromatic nitrogens is 4. The van der Waals surface area contributed by atoms with E-state index in [-0.39, 0.29) is 5.70 Å². The summed E-state index contributed by atoms with van der Waals surface area (Å²) in [6.07, 6.45) is -0.757. The number of benzene rings is 1. The number of ether oxygens (including phenoxy) is 1. The zero-order valence-corrected chi connectivity index (χ0v) is 19.5. The molecule has 4 heterocycles. The normalized spacial score (nSPS) is 21.9. The highest BCUT2D eigenvalue weighted by Gasteiger charge is 2.54. The van der Waals surface area contributed by atoms with Crippen LogP contribution < -0.4 is 10.1 Å². The maximum Gasteiger partial charge on any atom is 0.352 e. The van der Waals surface area contributed by atoms with Crippen LogP contribution in [0.3, 0.4) is 0 Å². The fraction of sp³-hybridized carbons (Fsp3) is 0.400. The summed E-state index contributed by atoms with van der Waals surface area (Å²) in [6, 6.07) is 4.12. The van der Waals surface area contributed by atoms with Gasteiger partial charge in [-0.05, 0) is 39.3 Å². The first-order valence-electron chi connectivity index (χ1n) is 10.3. The highest BCUT2D eigenvalue weighted by Crippen LogP contribution is 2.41. The average molecular weight is 505 g/mol. The summed E-state index contributed by atoms with van der Waals surface area (Å²) in [4.78, 5) is 38.7. The minimum absolute atomic E-state index is 0.0824. The largest absolute Gasteiger partial charge is 0.493 e. The first kappa shape index (κ1) is 22.7. The zero-order chi connectivity index (χ0) is 24.0. The van der Waals surface area contributed by atoms with Crippen molar-refractivity contribution in [3.8, 4) is 5.75 Å². The quantitative estimate of drug-likeness (QED) is 0.336. The summed E-state index contributed by atoms with van der Waals surface area (Å²) in [5.41, 5.74) is 1.81. The van der Waals surface area contributed by atoms with Crippen molar-refractivity contribution in [2.75, 3.05) is 18.1 Å². The van der Waals surface area contributed by atoms with Crippen LogP contribution in [0.1, 0.15) is 17.2 Å². The Morgan fingerprint density at radius 2 is 2.24 bits per heavy atom. The summed E-state index contributed by atoms with van der Waals surface area (Å²) >= 11 is 2.63. The summed E-state index contributed by atoms with van der Waals surface area (Å²) in [5.74, 6) is -1.05. The lowest BCUT2D eigenvalue weighted by atomic mass is 10.0. The van der Waals surface area contributed by atoms with Gasteiger partial charge in [0.05, 0.1) is 6.61 Å². The van der Waals surface area contributed by atoms with E-state index in [9.17, 15) is 24.6 Å². The van der Waals surface area contributed by atoms with E-state index in [0.717, 1.165) is 11.3 Å². The van der Waals surface area contributed by atoms with Crippen LogP contribution in [-0.2, 0) is 27.9 Å². The van der Waals surface area contributed by atoms with E-state index in [4.69, 9.17) is 4.74 Å². The lowest BCUT2D eigenvalue weighted by Crippen LogP contribution is -2.70. The molecule has 0 spiro atoms. The summed E-state index contributed by atoms with van der Waals surface area (Å²) in [5, 5.41) is 34.0. The third-order valence-corrected chi connectivity index (χ3v) is 8.22. The molecule has 14 heteroatoms. The number of thioether (sulfide) groups is 2. The van der Waals surface area contributed by atoms with E-state index in [2.05, 4.69) is 20.8 Å². The number of rotatable bonds is 7. The molecule has 1 aromatic heterocycles. The number of hydrogen-bond donors (Lipinski definition) is 3. The number of amides is 2. The minimum Gasteiger partial charge on any atom is -0.493 e. The van der Waals surface area contributed by atoms with E-state index in [1.165, 1.54) is 33.1 Å². The number of aliphatic hydroxyl groups is 1. The molecule has 3 aliphatic heterocycles. The van der Waals surface area contributed by atoms with Crippen molar-refractivity contribution in [2.45, 2.75) is 29.1 Å². The molecule has 3 aliphatic rings. The van der Waals surface area contributed by atoms with E-state index in [0.29, 0.717) is 40.8 Å². The number of tetrazole rings is 1. The van der Waals surface area contributed by atoms with Crippen molar-refractivity contribution in [1.82, 2.24) is 30.4 Å². The van der Waals surface area contributed by atoms with Gasteiger partial charge < -0.3 is 20.3 Å². The van der Waals surface area contributed by atoms with Crippen molar-refractivity contribution in [3.63, 3.8) is 0 Å². The third kappa shape index (κ3) is 3.91. The van der Waals surface area contributed by atoms with Crippen LogP contribution in [0.5, 0.6) is 5.75 Å². The molecule has 178 valence electrons. The second-order valence-corrected chi connectivity index (χ2v) is 9.94. The fourth-order valence-electron chi connectivity index (χ4n) is 4.05. The molecule has 0 aliphatic carbocycles. The molecule has 5 rings (SSSR count). The van der Waals surface area contributed by atoms with Crippen molar-refractivity contribution in [3.05, 3.63) is 40.6 Å². The van der Waals surface area contributed by atoms with Gasteiger partial charge in [-0.3, -0.25) is 14.5 Å². The van der Waals surface area contributed by atoms with Gasteiger partial charge in [0.25, 0.3) is 11.8 Å². The number of β-lactam (4-membered cyclic amide) rings is 1. The molecule has 12 nitrogen and oxygen atoms in total. The minimum atomic E-state index is -1.46. The lowest BCUT2D eigenvalue weighted by Gasteiger charge is -2.49. The molecule has 34 heavy (non-hydrogen) atoms. The smallest absolute Gasteiger partial charge is 0.352 e. The van der Waals surface area contributed by atoms with Crippen LogP contribution in [0.15, 0.2) is 34.6 Å². The second kappa shape index (κ2) is 8.92. The summed E-state index contributed by atoms with van der Waals surface area (Å²) in [6.45, 7) is 0.557. The standard InChI is InChI=1S/C20H20N6O6S2/c1-25-20(22-23-24-25)34-8-11-7-33-18-13(17(29)26(18)14(11)19(30)31)21-16(28)15(27)10-2-3-12-9(6-10)4-5-32-12/h2-3,6,13,15,18,27H,4-5,7-8H2,1H3,(H,21,28)(H,30,31). The predicted octanol–water partition coefficient (Wildman–Crippen LogP) is -0.291. The number of nitrogens with one attached hydrogen (secondary N) is 1. The number of fused-ring (bicyclic) bond motifs is 2. The van der Waals surface area contributed by atoms with Crippen molar-refractivity contribution in [2.24, 2.45) is 7.05 Å². The Morgan fingerprint density at radius 3 is 2.97 bits per heavy atom. The number of carboxylic acids is 1. The molecule has 0 saturated carbocycles. The number of aliphatic hydroxyl groups excluding tert-OH is 1. The fourth-order valence-corrected chi connectivity index (χ4v) is 6.38. The van der Waals surface area contributed by atoms with E-state index >= 15 is 0 Å². The third-order valence-electron chi connectivity index (χ3n) is 5.78. The van der Waals surface area contributed by atoms with Crippen LogP contribution in [0.4, 0.5) is 0 Å². The molecule has 3 N–H and O–H groups in total. The lowest BCUT2D eigenvalue weighted by molar-refractivity contribution is -0.151. The van der Waals surface area contributed by atoms with Crippen LogP contribution >= 0.6 is 23.5 Å². The summed E-state index contributed by atoms with van der Waals surface area (Å²) < 4.78 is 6.92. The van der Waals surface area contributed by atoms with E-state index < -0.39 is 35.3 Å². The molecule has 1 saturated heterocycles. The first-order chi connectivity index (χ1) is 16.3. The molecule has 3 atom stereocenters. The van der Waals surface area contributed by atoms with E-state index in [1.807, 2.05) is 0 Å². The predicted molar refractivity (Wildman–Crippen MR) is 120 cm³/mol. The molecular formula is C20H20N6O6S2. The monoisotopic (exact) mass is 504 g/mol. The molecule has 0 bridgehead atoms. The topological polar surface area (TPSA) is 160 Å². The van der Waals surface area contributed by atoms with Crippen molar-refractivity contribution < 1.29 is 29.3 Å². The zero-order valence-electron chi connectivity index (χ0n) is 17.9. The maximum absolute atomic E-state index is 12.9. The molecule has 0 radical (unpaired) electrons. The van der Waals surface area contributed by atoms with Gasteiger partial charge in [0.1, 0.15) is 22.9 Å². The van der Waals surface area contributed by atoms with Gasteiger partial charge in [0.2, 0.25) is 5.16 Å². The Bertz CT molecular complexity index is 1220. The van der Waals surface area contributed by atoms with Gasteiger partial charge in [0.15, 0.2) is 6.10 Å². The molecule has 2 amide bonds. The Hall–Kier alpha value is -3.10. The first-order valence-corrected chi connectivity index (χ1v) is 12.4. The average Bonchev–Trinajstić information content (AvgIpc) is 3.47. The SMILES string of the molecule is Cn1nnnc1SCC1=C(C(=O)O)N2C(=O)C(NC(=O)C(O)c3ccc4c(c3)CCO4)C2SC1. The maximum atomic E-state index is 12.9. The number of aliphatic carboxylic acids is 1. The molecular weight excluding hydrogens is 484 g/mol. The Kier molecular flexibility index (Phi) is 5.95. The van der Waals surface area contributed by atoms with Crippen LogP contribution in [0.2, 0.25) is 0 Å². The highest BCUT2D eigenvalue weighted by molar-refractivity contribution is 8.01. The molecule has 1 fully saturated rings. The second-order valence-electron chi connectivity index (χ2n) is 7.90. The van der Waals surface area contributed by atoms with Crippen LogP contribution in [0.25, 0.3) is 0 Å². The van der Waals surface area contributed by atoms with Gasteiger partial charge in [-0.2, -0.15) is 0 Å². The van der Waals surface area contributed by atoms with Gasteiger partial charge in [-0.25, -0.2) is 9.48 Å². The van der Waals surface area contributed by atoms with Gasteiger partial charge in [-0.1, -0.05) is 17.8 Å². The van der Waals surface area contributed by atoms with Gasteiger partial charge in [0, 0.05) is 25.0 Å². The van der Waals surface area contributed by atoms with E-state index in [1.54, 1.807) is 25.2 Å². The highest BCUT2D eigenvalue weighted by atomic mass is 32.2. The molecule has 1 aromatic carbocycles. The summed E-state index contributed by atoms with van der Waals surface area (Å²) in [7, 11) is 1.68. The van der Waals surface area contributed by atoms with Gasteiger partial charge in [-0.15, -0.1) is 16.9 Å². The Morgan fingerprint density at radius 1 is 1.41 bits per heavy atom.